The van der Waals surface area contributed by atoms with Crippen LogP contribution in [0.3, 0.4) is 0 Å². The van der Waals surface area contributed by atoms with Crippen molar-refractivity contribution in [3.8, 4) is 11.8 Å². The standard InChI is InChI=1S/C27H37FN4OS.C3H8.C2H6/c1-8-10-20(17-32(6)27(3,4)5)18-11-12-19(15-18)23-16-25(31-30-23)29-22-13-14-24(34(7)33)21(9-2)26(22)28;1-3-2;1-2/h13-14,16-19H,9,11-12,15H2,1-7H3,(H2,29,30,31);3H2,1-2H3;1-2H3/b20-17+;;. The molecule has 1 saturated carbocycles. The molecule has 0 spiro atoms. The zero-order valence-electron chi connectivity index (χ0n) is 26.1. The van der Waals surface area contributed by atoms with E-state index in [1.165, 1.54) is 12.0 Å². The van der Waals surface area contributed by atoms with Gasteiger partial charge in [0.15, 0.2) is 11.6 Å². The fourth-order valence-electron chi connectivity index (χ4n) is 4.38. The maximum atomic E-state index is 15.0. The van der Waals surface area contributed by atoms with Crippen molar-refractivity contribution < 1.29 is 8.60 Å². The lowest BCUT2D eigenvalue weighted by molar-refractivity contribution is 0.247. The van der Waals surface area contributed by atoms with Gasteiger partial charge in [-0.25, -0.2) is 4.39 Å². The summed E-state index contributed by atoms with van der Waals surface area (Å²) in [5.74, 6) is 7.41. The van der Waals surface area contributed by atoms with Crippen LogP contribution in [0.25, 0.3) is 0 Å². The lowest BCUT2D eigenvalue weighted by Crippen LogP contribution is -2.34. The summed E-state index contributed by atoms with van der Waals surface area (Å²) in [5.41, 5.74) is 3.11. The molecule has 2 aromatic rings. The van der Waals surface area contributed by atoms with Crippen molar-refractivity contribution >= 4 is 22.3 Å². The van der Waals surface area contributed by atoms with Gasteiger partial charge in [0, 0.05) is 58.8 Å². The number of nitrogens with one attached hydrogen (secondary N) is 2. The summed E-state index contributed by atoms with van der Waals surface area (Å²) in [6.45, 7) is 18.6. The monoisotopic (exact) mass is 558 g/mol. The van der Waals surface area contributed by atoms with Crippen LogP contribution in [0.2, 0.25) is 0 Å². The van der Waals surface area contributed by atoms with Crippen LogP contribution in [0.5, 0.6) is 0 Å². The van der Waals surface area contributed by atoms with Gasteiger partial charge in [-0.05, 0) is 71.4 Å². The van der Waals surface area contributed by atoms with E-state index in [0.29, 0.717) is 40.2 Å². The minimum Gasteiger partial charge on any atom is -0.375 e. The summed E-state index contributed by atoms with van der Waals surface area (Å²) in [6, 6.07) is 5.34. The quantitative estimate of drug-likeness (QED) is 0.334. The number of allylic oxidation sites excluding steroid dienone is 1. The third kappa shape index (κ3) is 9.83. The number of rotatable bonds is 7. The summed E-state index contributed by atoms with van der Waals surface area (Å²) >= 11 is 0. The number of benzene rings is 1. The molecule has 3 atom stereocenters. The van der Waals surface area contributed by atoms with E-state index in [1.807, 2.05) is 33.8 Å². The highest BCUT2D eigenvalue weighted by atomic mass is 32.2. The lowest BCUT2D eigenvalue weighted by Gasteiger charge is -2.31. The van der Waals surface area contributed by atoms with E-state index in [0.717, 1.165) is 25.0 Å². The fourth-order valence-corrected chi connectivity index (χ4v) is 5.22. The molecule has 2 N–H and O–H groups in total. The van der Waals surface area contributed by atoms with Gasteiger partial charge in [-0.3, -0.25) is 9.31 Å². The fraction of sp³-hybridized carbons (Fsp3) is 0.594. The van der Waals surface area contributed by atoms with Crippen LogP contribution in [0.1, 0.15) is 105 Å². The molecule has 1 aliphatic carbocycles. The lowest BCUT2D eigenvalue weighted by atomic mass is 9.95. The van der Waals surface area contributed by atoms with E-state index >= 15 is 4.39 Å². The molecule has 0 aliphatic heterocycles. The number of H-pyrrole nitrogens is 1. The van der Waals surface area contributed by atoms with Crippen LogP contribution < -0.4 is 5.32 Å². The van der Waals surface area contributed by atoms with Crippen molar-refractivity contribution in [2.24, 2.45) is 5.92 Å². The second-order valence-electron chi connectivity index (χ2n) is 10.7. The topological polar surface area (TPSA) is 61.0 Å². The largest absolute Gasteiger partial charge is 0.375 e. The van der Waals surface area contributed by atoms with Gasteiger partial charge in [-0.15, -0.1) is 5.92 Å². The Bertz CT molecular complexity index is 1150. The molecular formula is C32H51FN4OS. The summed E-state index contributed by atoms with van der Waals surface area (Å²) < 4.78 is 26.9. The minimum absolute atomic E-state index is 0.0416. The van der Waals surface area contributed by atoms with E-state index in [-0.39, 0.29) is 11.4 Å². The number of aromatic amines is 1. The van der Waals surface area contributed by atoms with Crippen molar-refractivity contribution in [2.45, 2.75) is 111 Å². The third-order valence-electron chi connectivity index (χ3n) is 6.70. The SMILES string of the molecule is CC.CC#C/C(=C\N(C)C(C)(C)C)C1CCC(c2cc(Nc3ccc(S(C)=O)c(CC)c3F)n[nH]2)C1.CCC. The second-order valence-corrected chi connectivity index (χ2v) is 12.0. The maximum Gasteiger partial charge on any atom is 0.152 e. The van der Waals surface area contributed by atoms with E-state index in [2.05, 4.69) is 80.1 Å². The van der Waals surface area contributed by atoms with Gasteiger partial charge >= 0.3 is 0 Å². The van der Waals surface area contributed by atoms with Gasteiger partial charge in [0.1, 0.15) is 0 Å². The Morgan fingerprint density at radius 1 is 1.26 bits per heavy atom. The number of hydrogen-bond donors (Lipinski definition) is 2. The van der Waals surface area contributed by atoms with Crippen molar-refractivity contribution in [1.82, 2.24) is 15.1 Å². The summed E-state index contributed by atoms with van der Waals surface area (Å²) in [7, 11) is 0.874. The van der Waals surface area contributed by atoms with Crippen LogP contribution in [0.4, 0.5) is 15.9 Å². The molecule has 1 aromatic carbocycles. The van der Waals surface area contributed by atoms with Crippen molar-refractivity contribution in [1.29, 1.82) is 0 Å². The molecule has 218 valence electrons. The first-order valence-electron chi connectivity index (χ1n) is 14.3. The Morgan fingerprint density at radius 2 is 1.90 bits per heavy atom. The zero-order chi connectivity index (χ0) is 29.8. The van der Waals surface area contributed by atoms with Crippen LogP contribution in [-0.2, 0) is 17.2 Å². The summed E-state index contributed by atoms with van der Waals surface area (Å²) in [6.07, 6.45) is 8.64. The number of anilines is 2. The first kappa shape index (κ1) is 34.4. The molecule has 3 unspecified atom stereocenters. The normalized spacial score (nSPS) is 17.6. The molecule has 0 saturated heterocycles. The summed E-state index contributed by atoms with van der Waals surface area (Å²) in [5, 5.41) is 10.6. The molecule has 39 heavy (non-hydrogen) atoms. The van der Waals surface area contributed by atoms with Crippen LogP contribution in [0.15, 0.2) is 34.9 Å². The highest BCUT2D eigenvalue weighted by molar-refractivity contribution is 7.84. The predicted molar refractivity (Wildman–Crippen MR) is 166 cm³/mol. The van der Waals surface area contributed by atoms with Crippen molar-refractivity contribution in [3.05, 3.63) is 47.0 Å². The molecule has 0 bridgehead atoms. The Morgan fingerprint density at radius 3 is 2.44 bits per heavy atom. The molecule has 3 rings (SSSR count). The van der Waals surface area contributed by atoms with Crippen LogP contribution >= 0.6 is 0 Å². The zero-order valence-corrected chi connectivity index (χ0v) is 26.9. The average Bonchev–Trinajstić information content (AvgIpc) is 3.56. The van der Waals surface area contributed by atoms with Gasteiger partial charge in [-0.2, -0.15) is 5.10 Å². The predicted octanol–water partition coefficient (Wildman–Crippen LogP) is 8.56. The van der Waals surface area contributed by atoms with E-state index in [4.69, 9.17) is 0 Å². The minimum atomic E-state index is -1.23. The molecule has 0 radical (unpaired) electrons. The van der Waals surface area contributed by atoms with Gasteiger partial charge in [-0.1, -0.05) is 47.0 Å². The van der Waals surface area contributed by atoms with Crippen LogP contribution in [-0.4, -0.2) is 38.1 Å². The van der Waals surface area contributed by atoms with Gasteiger partial charge in [0.05, 0.1) is 16.5 Å². The van der Waals surface area contributed by atoms with Crippen molar-refractivity contribution in [2.75, 3.05) is 18.6 Å². The summed E-state index contributed by atoms with van der Waals surface area (Å²) in [4.78, 5) is 2.78. The maximum absolute atomic E-state index is 15.0. The smallest absolute Gasteiger partial charge is 0.152 e. The molecule has 1 aliphatic rings. The highest BCUT2D eigenvalue weighted by Crippen LogP contribution is 2.41. The van der Waals surface area contributed by atoms with Crippen molar-refractivity contribution in [3.63, 3.8) is 0 Å². The van der Waals surface area contributed by atoms with E-state index in [9.17, 15) is 4.21 Å². The molecular weight excluding hydrogens is 507 g/mol. The number of halogens is 1. The Kier molecular flexibility index (Phi) is 14.6. The number of nitrogens with zero attached hydrogens (tertiary/aromatic N) is 2. The Balaban J connectivity index is 0.00000142. The van der Waals surface area contributed by atoms with E-state index in [1.54, 1.807) is 18.4 Å². The molecule has 1 aromatic heterocycles. The average molecular weight is 559 g/mol. The molecule has 0 amide bonds. The van der Waals surface area contributed by atoms with Gasteiger partial charge in [0.25, 0.3) is 0 Å². The number of aromatic nitrogens is 2. The first-order chi connectivity index (χ1) is 18.5. The van der Waals surface area contributed by atoms with Gasteiger partial charge in [0.2, 0.25) is 0 Å². The molecule has 1 fully saturated rings. The van der Waals surface area contributed by atoms with Gasteiger partial charge < -0.3 is 10.2 Å². The van der Waals surface area contributed by atoms with Crippen LogP contribution in [0, 0.1) is 23.6 Å². The molecule has 7 heteroatoms. The second kappa shape index (κ2) is 16.5. The number of hydrogen-bond acceptors (Lipinski definition) is 4. The molecule has 5 nitrogen and oxygen atoms in total. The highest BCUT2D eigenvalue weighted by Gasteiger charge is 2.30. The Labute approximate surface area is 239 Å². The van der Waals surface area contributed by atoms with E-state index < -0.39 is 10.8 Å². The molecule has 1 heterocycles. The Hall–Kier alpha value is -2.59. The third-order valence-corrected chi connectivity index (χ3v) is 7.70. The first-order valence-corrected chi connectivity index (χ1v) is 15.9.